The number of amides is 1. The number of carbonyl (C=O) groups is 1. The van der Waals surface area contributed by atoms with Gasteiger partial charge in [-0.05, 0) is 12.0 Å². The van der Waals surface area contributed by atoms with Gasteiger partial charge >= 0.3 is 6.18 Å². The van der Waals surface area contributed by atoms with Crippen LogP contribution < -0.4 is 5.32 Å². The third-order valence-corrected chi connectivity index (χ3v) is 5.83. The predicted octanol–water partition coefficient (Wildman–Crippen LogP) is 4.03. The molecule has 0 radical (unpaired) electrons. The van der Waals surface area contributed by atoms with E-state index >= 15 is 0 Å². The normalized spacial score (nSPS) is 19.8. The van der Waals surface area contributed by atoms with Crippen LogP contribution in [0, 0.1) is 11.7 Å². The highest BCUT2D eigenvalue weighted by Crippen LogP contribution is 2.36. The molecule has 0 aliphatic carbocycles. The second-order valence-electron chi connectivity index (χ2n) is 8.60. The molecule has 3 aromatic rings. The standard InChI is InChI=1S/C22H21F6N7O/c1-12-7-21(24,25)11-35(16(12)9-32-17-6-15(23)14(8-31-17)22(26,27)28)20(36)18-13(10-34(2)33-18)19-29-4-3-5-30-19/h3-6,8,10,12,16H,7,9,11H2,1-2H3,(H,31,32). The number of aryl methyl sites for hydroxylation is 1. The summed E-state index contributed by atoms with van der Waals surface area (Å²) >= 11 is 0. The number of hydrogen-bond acceptors (Lipinski definition) is 6. The maximum absolute atomic E-state index is 14.5. The molecular weight excluding hydrogens is 492 g/mol. The largest absolute Gasteiger partial charge is 0.420 e. The molecule has 1 saturated heterocycles. The lowest BCUT2D eigenvalue weighted by atomic mass is 9.88. The third-order valence-electron chi connectivity index (χ3n) is 5.83. The number of hydrogen-bond donors (Lipinski definition) is 1. The molecule has 1 fully saturated rings. The van der Waals surface area contributed by atoms with Gasteiger partial charge in [-0.15, -0.1) is 0 Å². The number of piperidine rings is 1. The first-order valence-electron chi connectivity index (χ1n) is 10.8. The molecule has 14 heteroatoms. The lowest BCUT2D eigenvalue weighted by molar-refractivity contribution is -0.140. The van der Waals surface area contributed by atoms with Gasteiger partial charge in [0.2, 0.25) is 0 Å². The average Bonchev–Trinajstić information content (AvgIpc) is 3.18. The van der Waals surface area contributed by atoms with Crippen LogP contribution in [0.25, 0.3) is 11.4 Å². The Labute approximate surface area is 201 Å². The van der Waals surface area contributed by atoms with E-state index in [0.717, 1.165) is 4.90 Å². The highest BCUT2D eigenvalue weighted by atomic mass is 19.4. The Hall–Kier alpha value is -3.71. The molecule has 0 spiro atoms. The molecule has 1 amide bonds. The summed E-state index contributed by atoms with van der Waals surface area (Å²) < 4.78 is 82.7. The van der Waals surface area contributed by atoms with Gasteiger partial charge < -0.3 is 10.2 Å². The number of pyridine rings is 1. The first-order chi connectivity index (χ1) is 16.9. The molecule has 2 atom stereocenters. The van der Waals surface area contributed by atoms with E-state index < -0.39 is 54.3 Å². The van der Waals surface area contributed by atoms with Crippen molar-refractivity contribution in [1.29, 1.82) is 0 Å². The number of likely N-dealkylation sites (tertiary alicyclic amines) is 1. The first kappa shape index (κ1) is 25.4. The minimum absolute atomic E-state index is 0.128. The van der Waals surface area contributed by atoms with E-state index in [4.69, 9.17) is 0 Å². The molecule has 0 aromatic carbocycles. The fraction of sp³-hybridized carbons (Fsp3) is 0.409. The molecule has 1 aliphatic rings. The van der Waals surface area contributed by atoms with E-state index in [0.29, 0.717) is 12.3 Å². The van der Waals surface area contributed by atoms with Gasteiger partial charge in [0.1, 0.15) is 17.2 Å². The molecule has 4 heterocycles. The Morgan fingerprint density at radius 3 is 2.56 bits per heavy atom. The van der Waals surface area contributed by atoms with E-state index in [9.17, 15) is 31.1 Å². The summed E-state index contributed by atoms with van der Waals surface area (Å²) in [5.74, 6) is -6.26. The van der Waals surface area contributed by atoms with Crippen LogP contribution in [0.5, 0.6) is 0 Å². The zero-order chi connectivity index (χ0) is 26.3. The van der Waals surface area contributed by atoms with Crippen molar-refractivity contribution in [2.75, 3.05) is 18.4 Å². The van der Waals surface area contributed by atoms with Crippen LogP contribution in [0.2, 0.25) is 0 Å². The number of nitrogens with zero attached hydrogens (tertiary/aromatic N) is 6. The smallest absolute Gasteiger partial charge is 0.368 e. The predicted molar refractivity (Wildman–Crippen MR) is 115 cm³/mol. The molecule has 192 valence electrons. The zero-order valence-electron chi connectivity index (χ0n) is 19.1. The van der Waals surface area contributed by atoms with Crippen molar-refractivity contribution in [3.8, 4) is 11.4 Å². The van der Waals surface area contributed by atoms with E-state index in [1.54, 1.807) is 13.1 Å². The molecule has 2 unspecified atom stereocenters. The maximum Gasteiger partial charge on any atom is 0.420 e. The van der Waals surface area contributed by atoms with Gasteiger partial charge in [0, 0.05) is 50.9 Å². The van der Waals surface area contributed by atoms with Crippen LogP contribution in [0.4, 0.5) is 32.2 Å². The second kappa shape index (κ2) is 9.39. The van der Waals surface area contributed by atoms with Crippen LogP contribution >= 0.6 is 0 Å². The third kappa shape index (κ3) is 5.26. The van der Waals surface area contributed by atoms with Crippen LogP contribution in [-0.4, -0.2) is 60.6 Å². The minimum Gasteiger partial charge on any atom is -0.368 e. The minimum atomic E-state index is -4.91. The Kier molecular flexibility index (Phi) is 6.62. The van der Waals surface area contributed by atoms with Crippen molar-refractivity contribution in [3.63, 3.8) is 0 Å². The number of alkyl halides is 5. The van der Waals surface area contributed by atoms with Gasteiger partial charge in [0.15, 0.2) is 11.5 Å². The lowest BCUT2D eigenvalue weighted by Gasteiger charge is -2.43. The van der Waals surface area contributed by atoms with E-state index in [-0.39, 0.29) is 29.4 Å². The monoisotopic (exact) mass is 513 g/mol. The molecule has 8 nitrogen and oxygen atoms in total. The van der Waals surface area contributed by atoms with Crippen molar-refractivity contribution in [2.45, 2.75) is 31.5 Å². The summed E-state index contributed by atoms with van der Waals surface area (Å²) in [7, 11) is 1.56. The molecule has 0 saturated carbocycles. The molecule has 1 aliphatic heterocycles. The number of carbonyl (C=O) groups excluding carboxylic acids is 1. The number of halogens is 6. The van der Waals surface area contributed by atoms with Gasteiger partial charge in [-0.2, -0.15) is 18.3 Å². The summed E-state index contributed by atoms with van der Waals surface area (Å²) in [5, 5.41) is 6.82. The fourth-order valence-corrected chi connectivity index (χ4v) is 4.21. The van der Waals surface area contributed by atoms with Crippen molar-refractivity contribution >= 4 is 11.7 Å². The molecule has 0 bridgehead atoms. The molecule has 36 heavy (non-hydrogen) atoms. The number of aromatic nitrogens is 5. The van der Waals surface area contributed by atoms with Gasteiger partial charge in [-0.1, -0.05) is 6.92 Å². The molecular formula is C22H21F6N7O. The van der Waals surface area contributed by atoms with Crippen molar-refractivity contribution in [1.82, 2.24) is 29.6 Å². The van der Waals surface area contributed by atoms with Crippen LogP contribution in [0.15, 0.2) is 36.9 Å². The van der Waals surface area contributed by atoms with E-state index in [1.807, 2.05) is 0 Å². The van der Waals surface area contributed by atoms with E-state index in [1.165, 1.54) is 30.2 Å². The quantitative estimate of drug-likeness (QED) is 0.519. The Morgan fingerprint density at radius 2 is 1.92 bits per heavy atom. The molecule has 4 rings (SSSR count). The zero-order valence-corrected chi connectivity index (χ0v) is 19.1. The van der Waals surface area contributed by atoms with Crippen molar-refractivity contribution < 1.29 is 31.1 Å². The van der Waals surface area contributed by atoms with Gasteiger partial charge in [0.05, 0.1) is 18.2 Å². The lowest BCUT2D eigenvalue weighted by Crippen LogP contribution is -2.57. The average molecular weight is 513 g/mol. The summed E-state index contributed by atoms with van der Waals surface area (Å²) in [6.45, 7) is 0.466. The van der Waals surface area contributed by atoms with E-state index in [2.05, 4.69) is 25.4 Å². The Balaban J connectivity index is 1.61. The van der Waals surface area contributed by atoms with Gasteiger partial charge in [-0.25, -0.2) is 28.1 Å². The Morgan fingerprint density at radius 1 is 1.22 bits per heavy atom. The van der Waals surface area contributed by atoms with Crippen LogP contribution in [0.3, 0.4) is 0 Å². The van der Waals surface area contributed by atoms with Crippen molar-refractivity contribution in [2.24, 2.45) is 13.0 Å². The summed E-state index contributed by atoms with van der Waals surface area (Å²) in [6, 6.07) is 1.32. The molecule has 3 aromatic heterocycles. The van der Waals surface area contributed by atoms with Crippen molar-refractivity contribution in [3.05, 3.63) is 54.0 Å². The van der Waals surface area contributed by atoms with Gasteiger partial charge in [0.25, 0.3) is 11.8 Å². The molecule has 1 N–H and O–H groups in total. The van der Waals surface area contributed by atoms with Gasteiger partial charge in [-0.3, -0.25) is 9.48 Å². The topological polar surface area (TPSA) is 88.8 Å². The SMILES string of the molecule is CC1CC(F)(F)CN(C(=O)c2nn(C)cc2-c2ncccn2)C1CNc1cc(F)c(C(F)(F)F)cn1. The summed E-state index contributed by atoms with van der Waals surface area (Å²) in [5.41, 5.74) is -1.40. The van der Waals surface area contributed by atoms with Crippen LogP contribution in [-0.2, 0) is 13.2 Å². The maximum atomic E-state index is 14.5. The number of nitrogens with one attached hydrogen (secondary N) is 1. The summed E-state index contributed by atoms with van der Waals surface area (Å²) in [6.07, 6.45) is -0.664. The van der Waals surface area contributed by atoms with Crippen LogP contribution in [0.1, 0.15) is 29.4 Å². The number of anilines is 1. The first-order valence-corrected chi connectivity index (χ1v) is 10.8. The second-order valence-corrected chi connectivity index (χ2v) is 8.60. The number of rotatable bonds is 5. The fourth-order valence-electron chi connectivity index (χ4n) is 4.21. The summed E-state index contributed by atoms with van der Waals surface area (Å²) in [4.78, 5) is 26.3. The Bertz CT molecular complexity index is 1250. The highest BCUT2D eigenvalue weighted by molar-refractivity contribution is 5.98. The highest BCUT2D eigenvalue weighted by Gasteiger charge is 2.47.